The molecule has 0 saturated carbocycles. The number of carbonyl (C=O) groups excluding carboxylic acids is 2. The van der Waals surface area contributed by atoms with Crippen LogP contribution in [0.4, 0.5) is 0 Å². The van der Waals surface area contributed by atoms with E-state index in [0.29, 0.717) is 45.0 Å². The minimum Gasteiger partial charge on any atom is -0.355 e. The summed E-state index contributed by atoms with van der Waals surface area (Å²) in [5.41, 5.74) is 1.37. The molecule has 8 heteroatoms. The zero-order valence-electron chi connectivity index (χ0n) is 14.6. The van der Waals surface area contributed by atoms with E-state index in [4.69, 9.17) is 0 Å². The fourth-order valence-electron chi connectivity index (χ4n) is 2.65. The molecule has 7 nitrogen and oxygen atoms in total. The van der Waals surface area contributed by atoms with Crippen molar-refractivity contribution in [3.8, 4) is 0 Å². The maximum absolute atomic E-state index is 12.6. The van der Waals surface area contributed by atoms with Gasteiger partial charge in [-0.3, -0.25) is 19.6 Å². The third-order valence-corrected chi connectivity index (χ3v) is 4.91. The second-order valence-electron chi connectivity index (χ2n) is 6.37. The van der Waals surface area contributed by atoms with Gasteiger partial charge in [0.1, 0.15) is 0 Å². The van der Waals surface area contributed by atoms with Crippen LogP contribution in [-0.4, -0.2) is 71.1 Å². The van der Waals surface area contributed by atoms with Gasteiger partial charge in [0, 0.05) is 32.7 Å². The minimum absolute atomic E-state index is 0.0493. The molecule has 0 spiro atoms. The van der Waals surface area contributed by atoms with Crippen molar-refractivity contribution in [2.24, 2.45) is 0 Å². The Labute approximate surface area is 151 Å². The number of nitrogens with one attached hydrogen (secondary N) is 2. The summed E-state index contributed by atoms with van der Waals surface area (Å²) in [5, 5.41) is 9.99. The number of rotatable bonds is 6. The molecule has 0 radical (unpaired) electrons. The van der Waals surface area contributed by atoms with Crippen LogP contribution in [-0.2, 0) is 4.79 Å². The highest BCUT2D eigenvalue weighted by atomic mass is 79.9. The van der Waals surface area contributed by atoms with E-state index in [-0.39, 0.29) is 17.7 Å². The fraction of sp³-hybridized carbons (Fsp3) is 0.688. The quantitative estimate of drug-likeness (QED) is 0.760. The van der Waals surface area contributed by atoms with Gasteiger partial charge in [-0.05, 0) is 28.3 Å². The zero-order valence-corrected chi connectivity index (χ0v) is 16.1. The molecule has 0 atom stereocenters. The first-order chi connectivity index (χ1) is 11.4. The molecule has 1 fully saturated rings. The van der Waals surface area contributed by atoms with Gasteiger partial charge >= 0.3 is 0 Å². The van der Waals surface area contributed by atoms with Gasteiger partial charge in [0.25, 0.3) is 5.91 Å². The van der Waals surface area contributed by atoms with Crippen molar-refractivity contribution in [2.75, 3.05) is 39.3 Å². The molecule has 1 saturated heterocycles. The van der Waals surface area contributed by atoms with Crippen molar-refractivity contribution in [3.63, 3.8) is 0 Å². The number of halogens is 1. The summed E-state index contributed by atoms with van der Waals surface area (Å²) in [6.45, 7) is 9.85. The highest BCUT2D eigenvalue weighted by Crippen LogP contribution is 2.26. The maximum Gasteiger partial charge on any atom is 0.275 e. The molecule has 0 aliphatic carbocycles. The summed E-state index contributed by atoms with van der Waals surface area (Å²) in [6.07, 6.45) is 0.935. The molecule has 134 valence electrons. The molecule has 1 aromatic rings. The molecule has 0 unspecified atom stereocenters. The largest absolute Gasteiger partial charge is 0.355 e. The van der Waals surface area contributed by atoms with Crippen LogP contribution in [0.25, 0.3) is 0 Å². The number of aromatic amines is 1. The van der Waals surface area contributed by atoms with E-state index in [9.17, 15) is 9.59 Å². The topological polar surface area (TPSA) is 81.3 Å². The lowest BCUT2D eigenvalue weighted by Gasteiger charge is -2.34. The number of aromatic nitrogens is 2. The molecule has 0 bridgehead atoms. The average molecular weight is 400 g/mol. The number of H-pyrrole nitrogens is 1. The number of piperazine rings is 1. The van der Waals surface area contributed by atoms with Crippen LogP contribution in [0, 0.1) is 0 Å². The van der Waals surface area contributed by atoms with E-state index in [1.807, 2.05) is 6.92 Å². The zero-order chi connectivity index (χ0) is 17.7. The molecule has 2 amide bonds. The van der Waals surface area contributed by atoms with Crippen molar-refractivity contribution in [1.29, 1.82) is 0 Å². The van der Waals surface area contributed by atoms with Crippen molar-refractivity contribution >= 4 is 27.7 Å². The fourth-order valence-corrected chi connectivity index (χ4v) is 3.45. The van der Waals surface area contributed by atoms with Gasteiger partial charge in [-0.1, -0.05) is 20.8 Å². The average Bonchev–Trinajstić information content (AvgIpc) is 2.94. The predicted molar refractivity (Wildman–Crippen MR) is 96.0 cm³/mol. The molecule has 2 N–H and O–H groups in total. The van der Waals surface area contributed by atoms with Gasteiger partial charge in [-0.2, -0.15) is 5.10 Å². The Bertz CT molecular complexity index is 579. The van der Waals surface area contributed by atoms with Gasteiger partial charge in [0.15, 0.2) is 5.69 Å². The Kier molecular flexibility index (Phi) is 6.79. The summed E-state index contributed by atoms with van der Waals surface area (Å²) in [4.78, 5) is 28.3. The third-order valence-electron chi connectivity index (χ3n) is 4.11. The molecular weight excluding hydrogens is 374 g/mol. The smallest absolute Gasteiger partial charge is 0.275 e. The lowest BCUT2D eigenvalue weighted by molar-refractivity contribution is -0.122. The first-order valence-electron chi connectivity index (χ1n) is 8.46. The van der Waals surface area contributed by atoms with E-state index in [1.165, 1.54) is 0 Å². The minimum atomic E-state index is -0.0693. The van der Waals surface area contributed by atoms with Crippen molar-refractivity contribution < 1.29 is 9.59 Å². The van der Waals surface area contributed by atoms with Crippen molar-refractivity contribution in [2.45, 2.75) is 33.1 Å². The highest BCUT2D eigenvalue weighted by Gasteiger charge is 2.27. The Hall–Kier alpha value is -1.41. The summed E-state index contributed by atoms with van der Waals surface area (Å²) < 4.78 is 0.754. The molecule has 2 rings (SSSR count). The normalized spacial score (nSPS) is 15.8. The van der Waals surface area contributed by atoms with Crippen LogP contribution in [0.2, 0.25) is 0 Å². The summed E-state index contributed by atoms with van der Waals surface area (Å²) in [7, 11) is 0. The Morgan fingerprint density at radius 1 is 1.29 bits per heavy atom. The number of hydrogen-bond donors (Lipinski definition) is 2. The van der Waals surface area contributed by atoms with E-state index in [0.717, 1.165) is 16.6 Å². The molecule has 1 aliphatic rings. The Balaban J connectivity index is 1.88. The summed E-state index contributed by atoms with van der Waals surface area (Å²) in [5.74, 6) is 0.250. The van der Waals surface area contributed by atoms with Crippen molar-refractivity contribution in [3.05, 3.63) is 15.9 Å². The number of hydrogen-bond acceptors (Lipinski definition) is 4. The standard InChI is InChI=1S/C16H26BrN5O2/c1-4-5-18-12(23)10-21-6-8-22(9-7-21)16(24)15-13(17)14(11(2)3)19-20-15/h11H,4-10H2,1-3H3,(H,18,23)(H,19,20). The second-order valence-corrected chi connectivity index (χ2v) is 7.17. The molecular formula is C16H26BrN5O2. The van der Waals surface area contributed by atoms with E-state index in [1.54, 1.807) is 4.90 Å². The van der Waals surface area contributed by atoms with Crippen LogP contribution in [0.15, 0.2) is 4.47 Å². The van der Waals surface area contributed by atoms with Crippen molar-refractivity contribution in [1.82, 2.24) is 25.3 Å². The van der Waals surface area contributed by atoms with Crippen LogP contribution in [0.5, 0.6) is 0 Å². The van der Waals surface area contributed by atoms with E-state index in [2.05, 4.69) is 50.2 Å². The van der Waals surface area contributed by atoms with E-state index >= 15 is 0 Å². The first kappa shape index (κ1) is 18.9. The summed E-state index contributed by atoms with van der Waals surface area (Å²) >= 11 is 3.48. The molecule has 2 heterocycles. The predicted octanol–water partition coefficient (Wildman–Crippen LogP) is 1.58. The van der Waals surface area contributed by atoms with Gasteiger partial charge in [0.05, 0.1) is 16.7 Å². The summed E-state index contributed by atoms with van der Waals surface area (Å²) in [6, 6.07) is 0. The second kappa shape index (κ2) is 8.62. The van der Waals surface area contributed by atoms with Crippen LogP contribution < -0.4 is 5.32 Å². The molecule has 1 aromatic heterocycles. The van der Waals surface area contributed by atoms with Crippen LogP contribution in [0.3, 0.4) is 0 Å². The Morgan fingerprint density at radius 3 is 2.50 bits per heavy atom. The highest BCUT2D eigenvalue weighted by molar-refractivity contribution is 9.10. The van der Waals surface area contributed by atoms with Gasteiger partial charge in [0.2, 0.25) is 5.91 Å². The number of carbonyl (C=O) groups is 2. The molecule has 0 aromatic carbocycles. The maximum atomic E-state index is 12.6. The van der Waals surface area contributed by atoms with Crippen LogP contribution in [0.1, 0.15) is 49.3 Å². The third kappa shape index (κ3) is 4.57. The SMILES string of the molecule is CCCNC(=O)CN1CCN(C(=O)c2n[nH]c(C(C)C)c2Br)CC1. The lowest BCUT2D eigenvalue weighted by Crippen LogP contribution is -2.51. The number of nitrogens with zero attached hydrogens (tertiary/aromatic N) is 3. The molecule has 24 heavy (non-hydrogen) atoms. The van der Waals surface area contributed by atoms with E-state index < -0.39 is 0 Å². The number of amides is 2. The Morgan fingerprint density at radius 2 is 1.96 bits per heavy atom. The lowest BCUT2D eigenvalue weighted by atomic mass is 10.1. The molecule has 1 aliphatic heterocycles. The first-order valence-corrected chi connectivity index (χ1v) is 9.25. The van der Waals surface area contributed by atoms with Gasteiger partial charge < -0.3 is 10.2 Å². The van der Waals surface area contributed by atoms with Gasteiger partial charge in [-0.15, -0.1) is 0 Å². The van der Waals surface area contributed by atoms with Crippen LogP contribution >= 0.6 is 15.9 Å². The van der Waals surface area contributed by atoms with Gasteiger partial charge in [-0.25, -0.2) is 0 Å². The monoisotopic (exact) mass is 399 g/mol.